The molecule has 0 fully saturated rings. The Morgan fingerprint density at radius 2 is 2.11 bits per heavy atom. The average Bonchev–Trinajstić information content (AvgIpc) is 2.80. The van der Waals surface area contributed by atoms with Crippen LogP contribution in [-0.4, -0.2) is 16.1 Å². The van der Waals surface area contributed by atoms with E-state index in [-0.39, 0.29) is 17.7 Å². The third-order valence-electron chi connectivity index (χ3n) is 2.33. The molecule has 0 aliphatic rings. The van der Waals surface area contributed by atoms with Gasteiger partial charge in [0, 0.05) is 23.4 Å². The molecule has 0 unspecified atom stereocenters. The monoisotopic (exact) mass is 251 g/mol. The summed E-state index contributed by atoms with van der Waals surface area (Å²) >= 11 is 0. The normalized spacial score (nSPS) is 10.3. The van der Waals surface area contributed by atoms with Gasteiger partial charge in [0.15, 0.2) is 5.69 Å². The first-order valence-electron chi connectivity index (χ1n) is 4.96. The lowest BCUT2D eigenvalue weighted by Gasteiger charge is -2.00. The van der Waals surface area contributed by atoms with Gasteiger partial charge in [0.2, 0.25) is 0 Å². The van der Waals surface area contributed by atoms with Gasteiger partial charge in [0.05, 0.1) is 0 Å². The zero-order valence-corrected chi connectivity index (χ0v) is 8.98. The summed E-state index contributed by atoms with van der Waals surface area (Å²) in [6.07, 6.45) is 0.102. The van der Waals surface area contributed by atoms with Gasteiger partial charge in [-0.25, -0.2) is 8.78 Å². The molecular formula is C11H7F2N3O2. The summed E-state index contributed by atoms with van der Waals surface area (Å²) < 4.78 is 26.0. The Kier molecular flexibility index (Phi) is 3.22. The molecule has 18 heavy (non-hydrogen) atoms. The highest BCUT2D eigenvalue weighted by molar-refractivity contribution is 5.92. The highest BCUT2D eigenvalue weighted by atomic mass is 19.1. The van der Waals surface area contributed by atoms with E-state index in [9.17, 15) is 18.5 Å². The Hall–Kier alpha value is -2.44. The van der Waals surface area contributed by atoms with Crippen molar-refractivity contribution < 1.29 is 13.6 Å². The van der Waals surface area contributed by atoms with Crippen LogP contribution in [0.1, 0.15) is 21.7 Å². The first-order chi connectivity index (χ1) is 8.60. The maximum atomic E-state index is 13.4. The number of aromatic nitrogens is 2. The Bertz CT molecular complexity index is 610. The molecule has 7 heteroatoms. The van der Waals surface area contributed by atoms with Crippen LogP contribution in [0.5, 0.6) is 0 Å². The SMILES string of the molecule is O=NC(=O)c1cc(Cc2ccc(F)cc2F)[nH]n1. The van der Waals surface area contributed by atoms with E-state index < -0.39 is 17.5 Å². The topological polar surface area (TPSA) is 75.2 Å². The molecule has 0 radical (unpaired) electrons. The number of hydrogen-bond acceptors (Lipinski definition) is 3. The fraction of sp³-hybridized carbons (Fsp3) is 0.0909. The molecule has 5 nitrogen and oxygen atoms in total. The predicted octanol–water partition coefficient (Wildman–Crippen LogP) is 2.19. The van der Waals surface area contributed by atoms with E-state index in [1.807, 2.05) is 0 Å². The van der Waals surface area contributed by atoms with E-state index in [0.717, 1.165) is 12.1 Å². The summed E-state index contributed by atoms with van der Waals surface area (Å²) in [5, 5.41) is 8.26. The molecule has 0 bridgehead atoms. The number of nitrogens with one attached hydrogen (secondary N) is 1. The summed E-state index contributed by atoms with van der Waals surface area (Å²) in [5.41, 5.74) is 0.535. The van der Waals surface area contributed by atoms with Gasteiger partial charge in [-0.05, 0) is 17.7 Å². The minimum absolute atomic E-state index is 0.102. The van der Waals surface area contributed by atoms with Crippen LogP contribution >= 0.6 is 0 Å². The molecular weight excluding hydrogens is 244 g/mol. The van der Waals surface area contributed by atoms with Crippen LogP contribution in [0.4, 0.5) is 8.78 Å². The zero-order valence-electron chi connectivity index (χ0n) is 8.98. The second kappa shape index (κ2) is 4.82. The second-order valence-electron chi connectivity index (χ2n) is 3.59. The fourth-order valence-electron chi connectivity index (χ4n) is 1.48. The molecule has 0 saturated heterocycles. The molecule has 1 aromatic heterocycles. The van der Waals surface area contributed by atoms with Gasteiger partial charge in [0.1, 0.15) is 11.6 Å². The largest absolute Gasteiger partial charge is 0.336 e. The summed E-state index contributed by atoms with van der Waals surface area (Å²) in [6, 6.07) is 4.50. The van der Waals surface area contributed by atoms with E-state index >= 15 is 0 Å². The number of amides is 1. The summed E-state index contributed by atoms with van der Waals surface area (Å²) in [5.74, 6) is -2.36. The molecule has 1 N–H and O–H groups in total. The van der Waals surface area contributed by atoms with Crippen LogP contribution in [0.2, 0.25) is 0 Å². The van der Waals surface area contributed by atoms with Crippen molar-refractivity contribution >= 4 is 5.91 Å². The summed E-state index contributed by atoms with van der Waals surface area (Å²) in [7, 11) is 0. The van der Waals surface area contributed by atoms with Gasteiger partial charge in [-0.2, -0.15) is 5.10 Å². The molecule has 0 aliphatic carbocycles. The smallest absolute Gasteiger partial charge is 0.281 e. The molecule has 92 valence electrons. The number of halogens is 2. The lowest BCUT2D eigenvalue weighted by Crippen LogP contribution is -1.94. The third-order valence-corrected chi connectivity index (χ3v) is 2.33. The Labute approximate surface area is 99.8 Å². The lowest BCUT2D eigenvalue weighted by molar-refractivity contribution is 0.0996. The molecule has 1 heterocycles. The van der Waals surface area contributed by atoms with Gasteiger partial charge < -0.3 is 0 Å². The van der Waals surface area contributed by atoms with Crippen molar-refractivity contribution in [3.63, 3.8) is 0 Å². The van der Waals surface area contributed by atoms with Crippen molar-refractivity contribution in [3.05, 3.63) is 57.8 Å². The average molecular weight is 251 g/mol. The Balaban J connectivity index is 2.21. The molecule has 0 atom stereocenters. The Morgan fingerprint density at radius 1 is 1.33 bits per heavy atom. The van der Waals surface area contributed by atoms with Gasteiger partial charge in [-0.15, -0.1) is 4.91 Å². The number of H-pyrrole nitrogens is 1. The minimum Gasteiger partial charge on any atom is -0.281 e. The molecule has 1 amide bonds. The first-order valence-corrected chi connectivity index (χ1v) is 4.96. The van der Waals surface area contributed by atoms with Gasteiger partial charge >= 0.3 is 5.91 Å². The highest BCUT2D eigenvalue weighted by Crippen LogP contribution is 2.14. The van der Waals surface area contributed by atoms with Crippen LogP contribution in [0.25, 0.3) is 0 Å². The minimum atomic E-state index is -1.00. The molecule has 0 saturated carbocycles. The number of carbonyl (C=O) groups excluding carboxylic acids is 1. The van der Waals surface area contributed by atoms with Crippen LogP contribution in [0, 0.1) is 16.5 Å². The maximum absolute atomic E-state index is 13.4. The fourth-order valence-corrected chi connectivity index (χ4v) is 1.48. The first kappa shape index (κ1) is 12.0. The number of carbonyl (C=O) groups is 1. The van der Waals surface area contributed by atoms with E-state index in [4.69, 9.17) is 0 Å². The van der Waals surface area contributed by atoms with Crippen molar-refractivity contribution in [1.82, 2.24) is 10.2 Å². The summed E-state index contributed by atoms with van der Waals surface area (Å²) in [6.45, 7) is 0. The standard InChI is InChI=1S/C11H7F2N3O2/c12-7-2-1-6(9(13)4-7)3-8-5-10(15-14-8)11(17)16-18/h1-2,4-5H,3H2,(H,14,15). The van der Waals surface area contributed by atoms with Gasteiger partial charge in [0.25, 0.3) is 0 Å². The number of aromatic amines is 1. The number of hydrogen-bond donors (Lipinski definition) is 1. The Morgan fingerprint density at radius 3 is 2.78 bits per heavy atom. The molecule has 2 aromatic rings. The highest BCUT2D eigenvalue weighted by Gasteiger charge is 2.12. The van der Waals surface area contributed by atoms with Crippen molar-refractivity contribution in [2.24, 2.45) is 5.18 Å². The van der Waals surface area contributed by atoms with Crippen LogP contribution in [0.15, 0.2) is 29.4 Å². The number of rotatable bonds is 3. The van der Waals surface area contributed by atoms with Crippen LogP contribution < -0.4 is 0 Å². The summed E-state index contributed by atoms with van der Waals surface area (Å²) in [4.78, 5) is 20.9. The van der Waals surface area contributed by atoms with E-state index in [0.29, 0.717) is 5.69 Å². The van der Waals surface area contributed by atoms with Crippen molar-refractivity contribution in [2.75, 3.05) is 0 Å². The molecule has 1 aromatic carbocycles. The number of nitrogens with zero attached hydrogens (tertiary/aromatic N) is 2. The van der Waals surface area contributed by atoms with Gasteiger partial charge in [-0.1, -0.05) is 6.07 Å². The van der Waals surface area contributed by atoms with Crippen molar-refractivity contribution in [1.29, 1.82) is 0 Å². The van der Waals surface area contributed by atoms with Gasteiger partial charge in [-0.3, -0.25) is 9.89 Å². The molecule has 0 aliphatic heterocycles. The van der Waals surface area contributed by atoms with E-state index in [1.165, 1.54) is 12.1 Å². The number of nitroso groups, excluding NO2 is 1. The van der Waals surface area contributed by atoms with Crippen molar-refractivity contribution in [3.8, 4) is 0 Å². The maximum Gasteiger partial charge on any atom is 0.336 e. The number of benzene rings is 1. The van der Waals surface area contributed by atoms with Crippen LogP contribution in [0.3, 0.4) is 0 Å². The quantitative estimate of drug-likeness (QED) is 0.849. The predicted molar refractivity (Wildman–Crippen MR) is 57.9 cm³/mol. The van der Waals surface area contributed by atoms with Crippen molar-refractivity contribution in [2.45, 2.75) is 6.42 Å². The second-order valence-corrected chi connectivity index (χ2v) is 3.59. The lowest BCUT2D eigenvalue weighted by atomic mass is 10.1. The molecule has 2 rings (SSSR count). The van der Waals surface area contributed by atoms with E-state index in [1.54, 1.807) is 0 Å². The molecule has 0 spiro atoms. The third kappa shape index (κ3) is 2.45. The van der Waals surface area contributed by atoms with E-state index in [2.05, 4.69) is 15.4 Å². The van der Waals surface area contributed by atoms with Crippen LogP contribution in [-0.2, 0) is 6.42 Å². The zero-order chi connectivity index (χ0) is 13.1.